The Morgan fingerprint density at radius 1 is 1.42 bits per heavy atom. The van der Waals surface area contributed by atoms with Gasteiger partial charge in [0.1, 0.15) is 11.3 Å². The average Bonchev–Trinajstić information content (AvgIpc) is 2.96. The number of carbonyl (C=O) groups excluding carboxylic acids is 1. The highest BCUT2D eigenvalue weighted by molar-refractivity contribution is 6.30. The summed E-state index contributed by atoms with van der Waals surface area (Å²) >= 11 is 6.02. The van der Waals surface area contributed by atoms with Crippen LogP contribution in [0.25, 0.3) is 10.9 Å². The molecule has 0 aliphatic heterocycles. The van der Waals surface area contributed by atoms with Gasteiger partial charge < -0.3 is 15.0 Å². The van der Waals surface area contributed by atoms with E-state index in [1.165, 1.54) is 19.3 Å². The molecule has 0 spiro atoms. The minimum Gasteiger partial charge on any atom is -0.437 e. The zero-order valence-electron chi connectivity index (χ0n) is 14.5. The SMILES string of the molecule is Cc1c[nH]c2c(Oc3cccc(Cl)c3)ncc(C(=O)NCC3CCC3)c12. The number of fused-ring (bicyclic) bond motifs is 1. The van der Waals surface area contributed by atoms with E-state index in [0.717, 1.165) is 17.5 Å². The molecule has 5 nitrogen and oxygen atoms in total. The highest BCUT2D eigenvalue weighted by Crippen LogP contribution is 2.32. The second-order valence-corrected chi connectivity index (χ2v) is 7.20. The molecule has 0 bridgehead atoms. The van der Waals surface area contributed by atoms with Gasteiger partial charge in [-0.1, -0.05) is 24.1 Å². The summed E-state index contributed by atoms with van der Waals surface area (Å²) < 4.78 is 5.89. The molecule has 0 saturated heterocycles. The summed E-state index contributed by atoms with van der Waals surface area (Å²) in [6, 6.07) is 7.14. The summed E-state index contributed by atoms with van der Waals surface area (Å²) in [4.78, 5) is 20.2. The number of hydrogen-bond acceptors (Lipinski definition) is 3. The van der Waals surface area contributed by atoms with Gasteiger partial charge >= 0.3 is 0 Å². The molecule has 0 atom stereocenters. The first-order chi connectivity index (χ1) is 12.6. The lowest BCUT2D eigenvalue weighted by atomic mass is 9.85. The van der Waals surface area contributed by atoms with E-state index in [-0.39, 0.29) is 5.91 Å². The summed E-state index contributed by atoms with van der Waals surface area (Å²) in [5, 5.41) is 4.46. The van der Waals surface area contributed by atoms with Crippen molar-refractivity contribution in [2.24, 2.45) is 5.92 Å². The number of carbonyl (C=O) groups is 1. The van der Waals surface area contributed by atoms with Crippen molar-refractivity contribution in [2.45, 2.75) is 26.2 Å². The van der Waals surface area contributed by atoms with Crippen LogP contribution in [0.3, 0.4) is 0 Å². The number of aromatic nitrogens is 2. The predicted octanol–water partition coefficient (Wildman–Crippen LogP) is 4.85. The molecule has 1 aliphatic carbocycles. The van der Waals surface area contributed by atoms with E-state index < -0.39 is 0 Å². The highest BCUT2D eigenvalue weighted by Gasteiger charge is 2.21. The zero-order chi connectivity index (χ0) is 18.1. The van der Waals surface area contributed by atoms with Crippen LogP contribution in [-0.2, 0) is 0 Å². The van der Waals surface area contributed by atoms with Crippen molar-refractivity contribution in [3.63, 3.8) is 0 Å². The summed E-state index contributed by atoms with van der Waals surface area (Å²) in [6.07, 6.45) is 7.10. The number of rotatable bonds is 5. The maximum atomic E-state index is 12.6. The largest absolute Gasteiger partial charge is 0.437 e. The van der Waals surface area contributed by atoms with E-state index in [0.29, 0.717) is 33.7 Å². The predicted molar refractivity (Wildman–Crippen MR) is 102 cm³/mol. The molecule has 3 aromatic rings. The van der Waals surface area contributed by atoms with Gasteiger partial charge in [0.25, 0.3) is 5.91 Å². The van der Waals surface area contributed by atoms with Crippen molar-refractivity contribution < 1.29 is 9.53 Å². The van der Waals surface area contributed by atoms with Crippen molar-refractivity contribution in [1.29, 1.82) is 0 Å². The fourth-order valence-electron chi connectivity index (χ4n) is 3.21. The number of nitrogens with zero attached hydrogens (tertiary/aromatic N) is 1. The molecule has 6 heteroatoms. The zero-order valence-corrected chi connectivity index (χ0v) is 15.3. The summed E-state index contributed by atoms with van der Waals surface area (Å²) in [5.74, 6) is 1.54. The van der Waals surface area contributed by atoms with Crippen molar-refractivity contribution in [3.8, 4) is 11.6 Å². The smallest absolute Gasteiger partial charge is 0.253 e. The minimum absolute atomic E-state index is 0.0913. The first-order valence-corrected chi connectivity index (χ1v) is 9.18. The molecule has 26 heavy (non-hydrogen) atoms. The number of aryl methyl sites for hydroxylation is 1. The van der Waals surface area contributed by atoms with Gasteiger partial charge in [0.15, 0.2) is 0 Å². The van der Waals surface area contributed by atoms with Gasteiger partial charge in [0.05, 0.1) is 5.56 Å². The molecule has 2 N–H and O–H groups in total. The number of nitrogens with one attached hydrogen (secondary N) is 2. The number of halogens is 1. The van der Waals surface area contributed by atoms with Crippen LogP contribution < -0.4 is 10.1 Å². The van der Waals surface area contributed by atoms with Gasteiger partial charge in [-0.3, -0.25) is 4.79 Å². The molecule has 2 aromatic heterocycles. The van der Waals surface area contributed by atoms with Crippen LogP contribution in [0.1, 0.15) is 35.2 Å². The van der Waals surface area contributed by atoms with Crippen LogP contribution in [0.15, 0.2) is 36.7 Å². The Balaban J connectivity index is 1.64. The summed E-state index contributed by atoms with van der Waals surface area (Å²) in [5.41, 5.74) is 2.25. The maximum Gasteiger partial charge on any atom is 0.253 e. The van der Waals surface area contributed by atoms with Crippen LogP contribution in [0.5, 0.6) is 11.6 Å². The van der Waals surface area contributed by atoms with Gasteiger partial charge in [-0.25, -0.2) is 4.98 Å². The maximum absolute atomic E-state index is 12.6. The van der Waals surface area contributed by atoms with E-state index >= 15 is 0 Å². The Bertz CT molecular complexity index is 963. The molecule has 1 aliphatic rings. The summed E-state index contributed by atoms with van der Waals surface area (Å²) in [6.45, 7) is 2.69. The van der Waals surface area contributed by atoms with Crippen LogP contribution >= 0.6 is 11.6 Å². The van der Waals surface area contributed by atoms with E-state index in [1.54, 1.807) is 18.3 Å². The topological polar surface area (TPSA) is 67.0 Å². The van der Waals surface area contributed by atoms with Crippen molar-refractivity contribution in [1.82, 2.24) is 15.3 Å². The third-order valence-electron chi connectivity index (χ3n) is 4.90. The van der Waals surface area contributed by atoms with Gasteiger partial charge in [-0.2, -0.15) is 0 Å². The Labute approximate surface area is 156 Å². The first kappa shape index (κ1) is 16.9. The molecule has 1 fully saturated rings. The number of H-pyrrole nitrogens is 1. The molecule has 1 aromatic carbocycles. The van der Waals surface area contributed by atoms with E-state index in [4.69, 9.17) is 16.3 Å². The van der Waals surface area contributed by atoms with Crippen LogP contribution in [0, 0.1) is 12.8 Å². The number of hydrogen-bond donors (Lipinski definition) is 2. The highest BCUT2D eigenvalue weighted by atomic mass is 35.5. The molecular weight excluding hydrogens is 350 g/mol. The first-order valence-electron chi connectivity index (χ1n) is 8.80. The van der Waals surface area contributed by atoms with Gasteiger partial charge in [0.2, 0.25) is 5.88 Å². The van der Waals surface area contributed by atoms with E-state index in [1.807, 2.05) is 25.3 Å². The molecule has 2 heterocycles. The Morgan fingerprint density at radius 2 is 2.27 bits per heavy atom. The van der Waals surface area contributed by atoms with Crippen molar-refractivity contribution in [3.05, 3.63) is 52.8 Å². The Morgan fingerprint density at radius 3 is 3.00 bits per heavy atom. The van der Waals surface area contributed by atoms with E-state index in [9.17, 15) is 4.79 Å². The number of ether oxygens (including phenoxy) is 1. The molecular formula is C20H20ClN3O2. The minimum atomic E-state index is -0.0913. The molecule has 4 rings (SSSR count). The molecule has 0 radical (unpaired) electrons. The second-order valence-electron chi connectivity index (χ2n) is 6.77. The third kappa shape index (κ3) is 3.27. The monoisotopic (exact) mass is 369 g/mol. The molecule has 1 amide bonds. The lowest BCUT2D eigenvalue weighted by Gasteiger charge is -2.25. The molecule has 0 unspecified atom stereocenters. The fourth-order valence-corrected chi connectivity index (χ4v) is 3.39. The average molecular weight is 370 g/mol. The number of amides is 1. The molecule has 1 saturated carbocycles. The van der Waals surface area contributed by atoms with Crippen LogP contribution in [0.4, 0.5) is 0 Å². The lowest BCUT2D eigenvalue weighted by Crippen LogP contribution is -2.32. The third-order valence-corrected chi connectivity index (χ3v) is 5.14. The van der Waals surface area contributed by atoms with Crippen molar-refractivity contribution in [2.75, 3.05) is 6.54 Å². The van der Waals surface area contributed by atoms with E-state index in [2.05, 4.69) is 15.3 Å². The quantitative estimate of drug-likeness (QED) is 0.675. The standard InChI is InChI=1S/C20H20ClN3O2/c1-12-9-22-18-17(12)16(19(25)23-10-13-4-2-5-13)11-24-20(18)26-15-7-3-6-14(21)8-15/h3,6-9,11,13,22H,2,4-5,10H2,1H3,(H,23,25). The van der Waals surface area contributed by atoms with Gasteiger partial charge in [-0.05, 0) is 49.4 Å². The normalized spacial score (nSPS) is 14.2. The Kier molecular flexibility index (Phi) is 4.55. The second kappa shape index (κ2) is 7.00. The fraction of sp³-hybridized carbons (Fsp3) is 0.300. The van der Waals surface area contributed by atoms with Gasteiger partial charge in [0, 0.05) is 29.3 Å². The number of aromatic amines is 1. The number of pyridine rings is 1. The number of benzene rings is 1. The molecule has 134 valence electrons. The summed E-state index contributed by atoms with van der Waals surface area (Å²) in [7, 11) is 0. The lowest BCUT2D eigenvalue weighted by molar-refractivity contribution is 0.0940. The van der Waals surface area contributed by atoms with Crippen molar-refractivity contribution >= 4 is 28.4 Å². The van der Waals surface area contributed by atoms with Crippen LogP contribution in [-0.4, -0.2) is 22.4 Å². The van der Waals surface area contributed by atoms with Gasteiger partial charge in [-0.15, -0.1) is 0 Å². The Hall–Kier alpha value is -2.53. The van der Waals surface area contributed by atoms with Crippen LogP contribution in [0.2, 0.25) is 5.02 Å².